The molecule has 1 unspecified atom stereocenters. The van der Waals surface area contributed by atoms with E-state index in [2.05, 4.69) is 9.46 Å². The van der Waals surface area contributed by atoms with Gasteiger partial charge in [-0.1, -0.05) is 37.8 Å². The molecule has 2 aromatic rings. The summed E-state index contributed by atoms with van der Waals surface area (Å²) in [7, 11) is -2.49. The number of sulfonamides is 1. The van der Waals surface area contributed by atoms with Gasteiger partial charge in [-0.25, -0.2) is 21.9 Å². The van der Waals surface area contributed by atoms with Gasteiger partial charge in [-0.2, -0.15) is 0 Å². The van der Waals surface area contributed by atoms with Gasteiger partial charge in [0.15, 0.2) is 0 Å². The third-order valence-corrected chi connectivity index (χ3v) is 6.28. The molecular formula is C22H27F2NO4S. The maximum absolute atomic E-state index is 13.3. The van der Waals surface area contributed by atoms with Gasteiger partial charge in [-0.3, -0.25) is 4.79 Å². The fourth-order valence-corrected chi connectivity index (χ4v) is 4.37. The zero-order valence-electron chi connectivity index (χ0n) is 16.9. The van der Waals surface area contributed by atoms with E-state index in [0.29, 0.717) is 18.4 Å². The number of halogens is 2. The summed E-state index contributed by atoms with van der Waals surface area (Å²) < 4.78 is 59.1. The summed E-state index contributed by atoms with van der Waals surface area (Å²) in [5, 5.41) is 0. The number of rotatable bonds is 12. The summed E-state index contributed by atoms with van der Waals surface area (Å²) in [5.74, 6) is -1.14. The van der Waals surface area contributed by atoms with Gasteiger partial charge in [-0.15, -0.1) is 0 Å². The topological polar surface area (TPSA) is 72.5 Å². The van der Waals surface area contributed by atoms with Crippen LogP contribution in [0.3, 0.4) is 0 Å². The summed E-state index contributed by atoms with van der Waals surface area (Å²) in [5.41, 5.74) is 0.660. The third kappa shape index (κ3) is 7.84. The van der Waals surface area contributed by atoms with E-state index in [9.17, 15) is 22.0 Å². The van der Waals surface area contributed by atoms with Crippen LogP contribution in [-0.4, -0.2) is 21.5 Å². The number of unbranched alkanes of at least 4 members (excludes halogenated alkanes) is 4. The van der Waals surface area contributed by atoms with E-state index in [0.717, 1.165) is 44.2 Å². The monoisotopic (exact) mass is 439 g/mol. The van der Waals surface area contributed by atoms with Gasteiger partial charge in [0.25, 0.3) is 0 Å². The lowest BCUT2D eigenvalue weighted by Gasteiger charge is -2.19. The molecule has 0 fully saturated rings. The van der Waals surface area contributed by atoms with Crippen molar-refractivity contribution in [1.82, 2.24) is 4.72 Å². The van der Waals surface area contributed by atoms with Crippen molar-refractivity contribution < 1.29 is 26.7 Å². The highest BCUT2D eigenvalue weighted by atomic mass is 32.2. The molecule has 0 aliphatic heterocycles. The van der Waals surface area contributed by atoms with Crippen molar-refractivity contribution in [3.05, 3.63) is 65.7 Å². The van der Waals surface area contributed by atoms with Crippen molar-refractivity contribution in [3.63, 3.8) is 0 Å². The zero-order chi connectivity index (χ0) is 22.0. The van der Waals surface area contributed by atoms with Gasteiger partial charge in [0.2, 0.25) is 10.0 Å². The largest absolute Gasteiger partial charge is 0.469 e. The normalized spacial score (nSPS) is 12.5. The second kappa shape index (κ2) is 11.8. The van der Waals surface area contributed by atoms with E-state index >= 15 is 0 Å². The van der Waals surface area contributed by atoms with E-state index in [1.807, 2.05) is 0 Å². The van der Waals surface area contributed by atoms with E-state index in [-0.39, 0.29) is 10.9 Å². The standard InChI is InChI=1S/C22H27F2NO4S/c1-29-22(26)8-6-4-2-3-5-7-21(17-9-11-18(23)12-10-17)25-30(27,28)20-15-13-19(24)14-16-20/h9-16,21,25H,2-8H2,1H3. The van der Waals surface area contributed by atoms with Crippen LogP contribution < -0.4 is 4.72 Å². The quantitative estimate of drug-likeness (QED) is 0.378. The number of carbonyl (C=O) groups is 1. The molecule has 2 rings (SSSR count). The minimum absolute atomic E-state index is 0.0289. The molecule has 0 aromatic heterocycles. The number of carbonyl (C=O) groups excluding carboxylic acids is 1. The van der Waals surface area contributed by atoms with Crippen LogP contribution in [0.2, 0.25) is 0 Å². The highest BCUT2D eigenvalue weighted by molar-refractivity contribution is 7.89. The molecule has 0 aliphatic rings. The molecule has 0 spiro atoms. The first-order valence-electron chi connectivity index (χ1n) is 9.92. The van der Waals surface area contributed by atoms with Crippen LogP contribution >= 0.6 is 0 Å². The van der Waals surface area contributed by atoms with Gasteiger partial charge < -0.3 is 4.74 Å². The first kappa shape index (κ1) is 24.0. The number of methoxy groups -OCH3 is 1. The molecule has 0 amide bonds. The van der Waals surface area contributed by atoms with E-state index < -0.39 is 27.7 Å². The molecular weight excluding hydrogens is 412 g/mol. The number of ether oxygens (including phenoxy) is 1. The number of benzene rings is 2. The average molecular weight is 440 g/mol. The lowest BCUT2D eigenvalue weighted by molar-refractivity contribution is -0.140. The number of hydrogen-bond donors (Lipinski definition) is 1. The number of hydrogen-bond acceptors (Lipinski definition) is 4. The first-order valence-corrected chi connectivity index (χ1v) is 11.4. The molecule has 0 saturated heterocycles. The van der Waals surface area contributed by atoms with Crippen LogP contribution in [0.4, 0.5) is 8.78 Å². The summed E-state index contributed by atoms with van der Waals surface area (Å²) in [4.78, 5) is 11.1. The molecule has 2 aromatic carbocycles. The molecule has 0 bridgehead atoms. The van der Waals surface area contributed by atoms with Gasteiger partial charge >= 0.3 is 5.97 Å². The van der Waals surface area contributed by atoms with Crippen LogP contribution in [0.25, 0.3) is 0 Å². The van der Waals surface area contributed by atoms with E-state index in [1.54, 1.807) is 12.1 Å². The Morgan fingerprint density at radius 2 is 1.43 bits per heavy atom. The van der Waals surface area contributed by atoms with Gasteiger partial charge in [0.1, 0.15) is 11.6 Å². The van der Waals surface area contributed by atoms with Crippen molar-refractivity contribution in [3.8, 4) is 0 Å². The van der Waals surface area contributed by atoms with Crippen molar-refractivity contribution in [2.45, 2.75) is 55.9 Å². The number of nitrogens with one attached hydrogen (secondary N) is 1. The molecule has 5 nitrogen and oxygen atoms in total. The Morgan fingerprint density at radius 1 is 0.900 bits per heavy atom. The van der Waals surface area contributed by atoms with Crippen molar-refractivity contribution in [2.24, 2.45) is 0 Å². The summed E-state index contributed by atoms with van der Waals surface area (Å²) >= 11 is 0. The number of esters is 1. The average Bonchev–Trinajstić information content (AvgIpc) is 2.72. The highest BCUT2D eigenvalue weighted by Crippen LogP contribution is 2.24. The third-order valence-electron chi connectivity index (χ3n) is 4.80. The van der Waals surface area contributed by atoms with Crippen molar-refractivity contribution in [1.29, 1.82) is 0 Å². The second-order valence-electron chi connectivity index (χ2n) is 7.06. The summed E-state index contributed by atoms with van der Waals surface area (Å²) in [6.45, 7) is 0. The first-order chi connectivity index (χ1) is 14.3. The Balaban J connectivity index is 1.97. The molecule has 164 valence electrons. The van der Waals surface area contributed by atoms with Gasteiger partial charge in [-0.05, 0) is 54.8 Å². The second-order valence-corrected chi connectivity index (χ2v) is 8.78. The highest BCUT2D eigenvalue weighted by Gasteiger charge is 2.21. The molecule has 0 radical (unpaired) electrons. The lowest BCUT2D eigenvalue weighted by Crippen LogP contribution is -2.28. The Labute approximate surface area is 176 Å². The Morgan fingerprint density at radius 3 is 2.03 bits per heavy atom. The molecule has 30 heavy (non-hydrogen) atoms. The summed E-state index contributed by atoms with van der Waals surface area (Å²) in [6, 6.07) is 9.78. The Bertz CT molecular complexity index is 900. The molecule has 1 N–H and O–H groups in total. The molecule has 0 aliphatic carbocycles. The fourth-order valence-electron chi connectivity index (χ4n) is 3.11. The molecule has 0 heterocycles. The SMILES string of the molecule is COC(=O)CCCCCCCC(NS(=O)(=O)c1ccc(F)cc1)c1ccc(F)cc1. The maximum Gasteiger partial charge on any atom is 0.305 e. The van der Waals surface area contributed by atoms with Crippen LogP contribution in [0.1, 0.15) is 56.6 Å². The molecule has 1 atom stereocenters. The van der Waals surface area contributed by atoms with Crippen molar-refractivity contribution in [2.75, 3.05) is 7.11 Å². The van der Waals surface area contributed by atoms with Crippen LogP contribution in [0.5, 0.6) is 0 Å². The maximum atomic E-state index is 13.3. The predicted octanol–water partition coefficient (Wildman–Crippen LogP) is 4.89. The Kier molecular flexibility index (Phi) is 9.39. The lowest BCUT2D eigenvalue weighted by atomic mass is 10.0. The zero-order valence-corrected chi connectivity index (χ0v) is 17.8. The Hall–Kier alpha value is -2.32. The van der Waals surface area contributed by atoms with Crippen LogP contribution in [-0.2, 0) is 19.6 Å². The van der Waals surface area contributed by atoms with Gasteiger partial charge in [0.05, 0.1) is 12.0 Å². The van der Waals surface area contributed by atoms with Gasteiger partial charge in [0, 0.05) is 12.5 Å². The fraction of sp³-hybridized carbons (Fsp3) is 0.409. The molecule has 0 saturated carbocycles. The van der Waals surface area contributed by atoms with Crippen LogP contribution in [0, 0.1) is 11.6 Å². The van der Waals surface area contributed by atoms with E-state index in [1.165, 1.54) is 31.4 Å². The smallest absolute Gasteiger partial charge is 0.305 e. The minimum Gasteiger partial charge on any atom is -0.469 e. The van der Waals surface area contributed by atoms with Crippen molar-refractivity contribution >= 4 is 16.0 Å². The minimum atomic E-state index is -3.86. The van der Waals surface area contributed by atoms with Crippen LogP contribution in [0.15, 0.2) is 53.4 Å². The summed E-state index contributed by atoms with van der Waals surface area (Å²) in [6.07, 6.45) is 5.11. The predicted molar refractivity (Wildman–Crippen MR) is 110 cm³/mol. The van der Waals surface area contributed by atoms with E-state index in [4.69, 9.17) is 0 Å². The molecule has 8 heteroatoms.